The van der Waals surface area contributed by atoms with E-state index in [4.69, 9.17) is 15.5 Å². The van der Waals surface area contributed by atoms with Crippen LogP contribution in [0.5, 0.6) is 5.75 Å². The summed E-state index contributed by atoms with van der Waals surface area (Å²) in [5, 5.41) is 3.79. The Morgan fingerprint density at radius 3 is 2.67 bits per heavy atom. The van der Waals surface area contributed by atoms with Crippen molar-refractivity contribution in [3.05, 3.63) is 71.0 Å². The van der Waals surface area contributed by atoms with Crippen LogP contribution < -0.4 is 15.8 Å². The van der Waals surface area contributed by atoms with Gasteiger partial charge < -0.3 is 29.8 Å². The topological polar surface area (TPSA) is 107 Å². The highest BCUT2D eigenvalue weighted by molar-refractivity contribution is 6.01. The van der Waals surface area contributed by atoms with Gasteiger partial charge in [-0.2, -0.15) is 0 Å². The van der Waals surface area contributed by atoms with Gasteiger partial charge in [0.05, 0.1) is 23.9 Å². The van der Waals surface area contributed by atoms with Gasteiger partial charge in [-0.1, -0.05) is 12.1 Å². The number of likely N-dealkylation sites (tertiary alicyclic amines) is 1. The summed E-state index contributed by atoms with van der Waals surface area (Å²) >= 11 is 0. The zero-order valence-electron chi connectivity index (χ0n) is 25.8. The maximum atomic E-state index is 15.0. The van der Waals surface area contributed by atoms with Crippen molar-refractivity contribution in [3.63, 3.8) is 0 Å². The quantitative estimate of drug-likeness (QED) is 0.271. The first-order chi connectivity index (χ1) is 22.3. The van der Waals surface area contributed by atoms with Crippen LogP contribution in [0.4, 0.5) is 4.39 Å². The largest absolute Gasteiger partial charge is 0.494 e. The summed E-state index contributed by atoms with van der Waals surface area (Å²) in [7, 11) is 3.61. The van der Waals surface area contributed by atoms with E-state index in [2.05, 4.69) is 32.7 Å². The van der Waals surface area contributed by atoms with E-state index < -0.39 is 5.82 Å². The van der Waals surface area contributed by atoms with Gasteiger partial charge in [0.2, 0.25) is 0 Å². The molecule has 3 aromatic carbocycles. The third-order valence-corrected chi connectivity index (χ3v) is 10.8. The van der Waals surface area contributed by atoms with Gasteiger partial charge in [-0.05, 0) is 90.6 Å². The molecule has 3 N–H and O–H groups in total. The minimum absolute atomic E-state index is 0.0198. The van der Waals surface area contributed by atoms with Crippen LogP contribution >= 0.6 is 0 Å². The standard InChI is InChI=1S/C36H35FN6O3/c1-41-33-26(11-23(14-30(33)46-2)36(45)43-17-21-7-8-27(43)32(21)38)40-34(41)29-13-20-6-5-19(12-28(20)42(29)16-18-3-4-18)22-9-24-15-39-35(44)31(24)25(37)10-22/h5-6,9-14,18,21,27,32H,3-4,7-8,15-17,38H2,1-2H3,(H,39,44)/t21?,27?,32-/m1/s1. The fourth-order valence-electron chi connectivity index (χ4n) is 8.13. The molecular formula is C36H35FN6O3. The van der Waals surface area contributed by atoms with Crippen molar-refractivity contribution in [3.8, 4) is 28.4 Å². The molecule has 9 rings (SSSR count). The molecule has 46 heavy (non-hydrogen) atoms. The molecule has 1 saturated heterocycles. The number of hydrogen-bond acceptors (Lipinski definition) is 5. The third-order valence-electron chi connectivity index (χ3n) is 10.8. The minimum atomic E-state index is -0.497. The van der Waals surface area contributed by atoms with Crippen molar-refractivity contribution in [1.29, 1.82) is 0 Å². The van der Waals surface area contributed by atoms with Gasteiger partial charge in [0.25, 0.3) is 11.8 Å². The maximum Gasteiger partial charge on any atom is 0.254 e. The third kappa shape index (κ3) is 4.05. The molecule has 3 fully saturated rings. The average Bonchev–Trinajstić information content (AvgIpc) is 3.27. The second kappa shape index (κ2) is 9.90. The fourth-order valence-corrected chi connectivity index (χ4v) is 8.13. The van der Waals surface area contributed by atoms with Crippen LogP contribution in [0.1, 0.15) is 52.0 Å². The van der Waals surface area contributed by atoms with E-state index in [1.165, 1.54) is 18.9 Å². The Hall–Kier alpha value is -4.70. The van der Waals surface area contributed by atoms with Gasteiger partial charge in [0.15, 0.2) is 5.82 Å². The van der Waals surface area contributed by atoms with Crippen molar-refractivity contribution in [2.75, 3.05) is 13.7 Å². The summed E-state index contributed by atoms with van der Waals surface area (Å²) in [5.41, 5.74) is 13.0. The van der Waals surface area contributed by atoms with Gasteiger partial charge in [0, 0.05) is 55.2 Å². The fraction of sp³-hybridized carbons (Fsp3) is 0.361. The highest BCUT2D eigenvalue weighted by atomic mass is 19.1. The Bertz CT molecular complexity index is 2130. The summed E-state index contributed by atoms with van der Waals surface area (Å²) in [6.45, 7) is 1.88. The molecule has 0 radical (unpaired) electrons. The number of carbonyl (C=O) groups excluding carboxylic acids is 2. The molecule has 9 nitrogen and oxygen atoms in total. The molecule has 234 valence electrons. The van der Waals surface area contributed by atoms with E-state index in [0.717, 1.165) is 58.5 Å². The van der Waals surface area contributed by atoms with Gasteiger partial charge >= 0.3 is 0 Å². The van der Waals surface area contributed by atoms with E-state index in [-0.39, 0.29) is 29.5 Å². The van der Waals surface area contributed by atoms with E-state index >= 15 is 0 Å². The molecule has 2 bridgehead atoms. The number of fused-ring (bicyclic) bond motifs is 5. The summed E-state index contributed by atoms with van der Waals surface area (Å²) in [4.78, 5) is 32.9. The Morgan fingerprint density at radius 1 is 1.09 bits per heavy atom. The zero-order chi connectivity index (χ0) is 31.4. The summed E-state index contributed by atoms with van der Waals surface area (Å²) in [6, 6.07) is 15.6. The zero-order valence-corrected chi connectivity index (χ0v) is 25.8. The second-order valence-corrected chi connectivity index (χ2v) is 13.5. The average molecular weight is 619 g/mol. The van der Waals surface area contributed by atoms with E-state index in [1.54, 1.807) is 7.11 Å². The van der Waals surface area contributed by atoms with Crippen molar-refractivity contribution in [1.82, 2.24) is 24.3 Å². The molecule has 2 aliphatic carbocycles. The molecule has 2 aromatic heterocycles. The molecule has 2 unspecified atom stereocenters. The lowest BCUT2D eigenvalue weighted by atomic mass is 9.99. The second-order valence-electron chi connectivity index (χ2n) is 13.5. The molecule has 4 heterocycles. The Kier molecular flexibility index (Phi) is 5.94. The number of nitrogens with two attached hydrogens (primary N) is 1. The molecule has 2 amide bonds. The van der Waals surface area contributed by atoms with Crippen LogP contribution in [0.25, 0.3) is 44.6 Å². The number of nitrogens with zero attached hydrogens (tertiary/aromatic N) is 4. The highest BCUT2D eigenvalue weighted by Gasteiger charge is 2.47. The number of piperidine rings is 1. The normalized spacial score (nSPS) is 21.9. The number of carbonyl (C=O) groups is 2. The van der Waals surface area contributed by atoms with Crippen LogP contribution in [0.2, 0.25) is 0 Å². The van der Waals surface area contributed by atoms with Crippen molar-refractivity contribution >= 4 is 33.8 Å². The highest BCUT2D eigenvalue weighted by Crippen LogP contribution is 2.41. The number of hydrogen-bond donors (Lipinski definition) is 2. The lowest BCUT2D eigenvalue weighted by Gasteiger charge is -2.27. The Balaban J connectivity index is 1.15. The first-order valence-electron chi connectivity index (χ1n) is 16.1. The lowest BCUT2D eigenvalue weighted by molar-refractivity contribution is 0.0700. The number of methoxy groups -OCH3 is 1. The number of aromatic nitrogens is 3. The predicted molar refractivity (Wildman–Crippen MR) is 173 cm³/mol. The molecule has 3 atom stereocenters. The van der Waals surface area contributed by atoms with E-state index in [1.807, 2.05) is 36.2 Å². The molecule has 0 spiro atoms. The number of nitrogens with one attached hydrogen (secondary N) is 1. The Labute approximate surface area is 265 Å². The van der Waals surface area contributed by atoms with Crippen LogP contribution in [0.3, 0.4) is 0 Å². The number of amides is 2. The maximum absolute atomic E-state index is 15.0. The SMILES string of the molecule is COc1cc(C(=O)N2CC3CCC2[C@@H]3N)cc2nc(-c3cc4ccc(-c5cc(F)c6c(c5)CNC6=O)cc4n3CC3CC3)n(C)c12. The monoisotopic (exact) mass is 618 g/mol. The summed E-state index contributed by atoms with van der Waals surface area (Å²) in [6.07, 6.45) is 4.40. The van der Waals surface area contributed by atoms with E-state index in [0.29, 0.717) is 47.3 Å². The molecule has 4 aliphatic rings. The van der Waals surface area contributed by atoms with Gasteiger partial charge in [-0.3, -0.25) is 9.59 Å². The van der Waals surface area contributed by atoms with Crippen LogP contribution in [0, 0.1) is 17.7 Å². The number of benzene rings is 3. The molecule has 5 aromatic rings. The summed E-state index contributed by atoms with van der Waals surface area (Å²) in [5.74, 6) is 1.47. The number of imidazole rings is 1. The predicted octanol–water partition coefficient (Wildman–Crippen LogP) is 5.22. The lowest BCUT2D eigenvalue weighted by Crippen LogP contribution is -2.41. The molecular weight excluding hydrogens is 583 g/mol. The van der Waals surface area contributed by atoms with Crippen LogP contribution in [-0.4, -0.2) is 56.6 Å². The number of halogens is 1. The minimum Gasteiger partial charge on any atom is -0.494 e. The van der Waals surface area contributed by atoms with Crippen molar-refractivity contribution in [2.45, 2.75) is 50.9 Å². The van der Waals surface area contributed by atoms with Crippen LogP contribution in [-0.2, 0) is 20.1 Å². The molecule has 10 heteroatoms. The number of ether oxygens (including phenoxy) is 1. The van der Waals surface area contributed by atoms with Gasteiger partial charge in [0.1, 0.15) is 17.1 Å². The number of rotatable bonds is 6. The first-order valence-corrected chi connectivity index (χ1v) is 16.1. The van der Waals surface area contributed by atoms with Gasteiger partial charge in [-0.25, -0.2) is 9.37 Å². The van der Waals surface area contributed by atoms with E-state index in [9.17, 15) is 14.0 Å². The van der Waals surface area contributed by atoms with Crippen molar-refractivity contribution < 1.29 is 18.7 Å². The van der Waals surface area contributed by atoms with Crippen molar-refractivity contribution in [2.24, 2.45) is 24.6 Å². The van der Waals surface area contributed by atoms with Crippen LogP contribution in [0.15, 0.2) is 48.5 Å². The molecule has 2 saturated carbocycles. The molecule has 2 aliphatic heterocycles. The summed E-state index contributed by atoms with van der Waals surface area (Å²) < 4.78 is 25.2. The van der Waals surface area contributed by atoms with Gasteiger partial charge in [-0.15, -0.1) is 0 Å². The smallest absolute Gasteiger partial charge is 0.254 e. The number of aryl methyl sites for hydroxylation is 1. The Morgan fingerprint density at radius 2 is 1.93 bits per heavy atom. The first kappa shape index (κ1) is 27.6.